The topological polar surface area (TPSA) is 79.3 Å². The second kappa shape index (κ2) is 11.9. The number of ketones is 1. The highest BCUT2D eigenvalue weighted by molar-refractivity contribution is 6.46. The molecular formula is C30H38N2O5. The van der Waals surface area contributed by atoms with Gasteiger partial charge >= 0.3 is 0 Å². The molecule has 2 aliphatic rings. The molecule has 0 aromatic heterocycles. The van der Waals surface area contributed by atoms with Gasteiger partial charge in [-0.05, 0) is 54.2 Å². The van der Waals surface area contributed by atoms with Crippen LogP contribution in [0.2, 0.25) is 0 Å². The smallest absolute Gasteiger partial charge is 0.295 e. The standard InChI is InChI=1S/C30H38N2O5/c1-5-16-37-25-11-10-24(19-21(25)4)28(33)26-27(23-8-6-22(7-9-23)20(2)3)32(30(35)29(26)34)13-12-31-14-17-36-18-15-31/h6-11,19-20,27,33H,5,12-18H2,1-4H3/b28-26-. The van der Waals surface area contributed by atoms with Crippen LogP contribution in [0.5, 0.6) is 5.75 Å². The molecule has 2 heterocycles. The number of hydrogen-bond acceptors (Lipinski definition) is 6. The largest absolute Gasteiger partial charge is 0.507 e. The summed E-state index contributed by atoms with van der Waals surface area (Å²) in [4.78, 5) is 30.5. The van der Waals surface area contributed by atoms with Crippen LogP contribution in [-0.2, 0) is 14.3 Å². The van der Waals surface area contributed by atoms with E-state index in [2.05, 4.69) is 18.7 Å². The Morgan fingerprint density at radius 3 is 2.41 bits per heavy atom. The maximum Gasteiger partial charge on any atom is 0.295 e. The zero-order chi connectivity index (χ0) is 26.5. The lowest BCUT2D eigenvalue weighted by Crippen LogP contribution is -2.42. The molecule has 1 amide bonds. The molecule has 7 heteroatoms. The maximum absolute atomic E-state index is 13.4. The molecule has 1 unspecified atom stereocenters. The van der Waals surface area contributed by atoms with Gasteiger partial charge in [0.15, 0.2) is 0 Å². The Bertz CT molecular complexity index is 1150. The van der Waals surface area contributed by atoms with Gasteiger partial charge in [0.2, 0.25) is 0 Å². The van der Waals surface area contributed by atoms with E-state index in [0.717, 1.165) is 36.4 Å². The van der Waals surface area contributed by atoms with E-state index in [1.54, 1.807) is 23.1 Å². The van der Waals surface area contributed by atoms with Gasteiger partial charge in [-0.3, -0.25) is 14.5 Å². The number of likely N-dealkylation sites (tertiary alicyclic amines) is 1. The molecule has 2 aliphatic heterocycles. The van der Waals surface area contributed by atoms with Crippen LogP contribution in [0.25, 0.3) is 5.76 Å². The number of carbonyl (C=O) groups excluding carboxylic acids is 2. The summed E-state index contributed by atoms with van der Waals surface area (Å²) in [5.41, 5.74) is 3.47. The Kier molecular flexibility index (Phi) is 8.67. The number of morpholine rings is 1. The molecule has 0 aliphatic carbocycles. The van der Waals surface area contributed by atoms with Crippen molar-refractivity contribution in [3.05, 3.63) is 70.3 Å². The summed E-state index contributed by atoms with van der Waals surface area (Å²) < 4.78 is 11.2. The van der Waals surface area contributed by atoms with E-state index in [-0.39, 0.29) is 11.3 Å². The molecule has 4 rings (SSSR count). The third-order valence-electron chi connectivity index (χ3n) is 7.13. The van der Waals surface area contributed by atoms with E-state index >= 15 is 0 Å². The number of aliphatic hydroxyl groups excluding tert-OH is 1. The van der Waals surface area contributed by atoms with Crippen molar-refractivity contribution >= 4 is 17.4 Å². The SMILES string of the molecule is CCCOc1ccc(/C(O)=C2/C(=O)C(=O)N(CCN3CCOCC3)C2c2ccc(C(C)C)cc2)cc1C. The van der Waals surface area contributed by atoms with Crippen molar-refractivity contribution in [3.63, 3.8) is 0 Å². The Labute approximate surface area is 219 Å². The number of hydrogen-bond donors (Lipinski definition) is 1. The number of benzene rings is 2. The van der Waals surface area contributed by atoms with Crippen LogP contribution >= 0.6 is 0 Å². The second-order valence-electron chi connectivity index (χ2n) is 10.1. The van der Waals surface area contributed by atoms with Gasteiger partial charge in [-0.25, -0.2) is 0 Å². The first-order chi connectivity index (χ1) is 17.8. The van der Waals surface area contributed by atoms with Crippen LogP contribution in [0.15, 0.2) is 48.0 Å². The van der Waals surface area contributed by atoms with Crippen molar-refractivity contribution in [2.75, 3.05) is 46.0 Å². The number of rotatable bonds is 9. The number of aliphatic hydroxyl groups is 1. The van der Waals surface area contributed by atoms with Crippen LogP contribution < -0.4 is 4.74 Å². The molecule has 1 N–H and O–H groups in total. The number of amides is 1. The van der Waals surface area contributed by atoms with Crippen LogP contribution in [0.1, 0.15) is 61.4 Å². The van der Waals surface area contributed by atoms with E-state index in [9.17, 15) is 14.7 Å². The average Bonchev–Trinajstić information content (AvgIpc) is 3.16. The van der Waals surface area contributed by atoms with E-state index < -0.39 is 17.7 Å². The third kappa shape index (κ3) is 5.89. The van der Waals surface area contributed by atoms with Crippen LogP contribution in [0.3, 0.4) is 0 Å². The molecule has 2 saturated heterocycles. The minimum Gasteiger partial charge on any atom is -0.507 e. The van der Waals surface area contributed by atoms with Gasteiger partial charge in [-0.1, -0.05) is 45.0 Å². The minimum absolute atomic E-state index is 0.130. The molecule has 37 heavy (non-hydrogen) atoms. The molecule has 0 saturated carbocycles. The first-order valence-corrected chi connectivity index (χ1v) is 13.2. The van der Waals surface area contributed by atoms with Gasteiger partial charge in [-0.2, -0.15) is 0 Å². The second-order valence-corrected chi connectivity index (χ2v) is 10.1. The molecule has 2 fully saturated rings. The van der Waals surface area contributed by atoms with Gasteiger partial charge in [0.25, 0.3) is 11.7 Å². The lowest BCUT2D eigenvalue weighted by molar-refractivity contribution is -0.140. The average molecular weight is 507 g/mol. The molecule has 1 atom stereocenters. The molecule has 0 bridgehead atoms. The lowest BCUT2D eigenvalue weighted by Gasteiger charge is -2.31. The molecule has 198 valence electrons. The fourth-order valence-corrected chi connectivity index (χ4v) is 4.92. The molecule has 2 aromatic rings. The monoisotopic (exact) mass is 506 g/mol. The summed E-state index contributed by atoms with van der Waals surface area (Å²) in [7, 11) is 0. The zero-order valence-corrected chi connectivity index (χ0v) is 22.3. The summed E-state index contributed by atoms with van der Waals surface area (Å²) in [5, 5.41) is 11.4. The number of carbonyl (C=O) groups is 2. The zero-order valence-electron chi connectivity index (χ0n) is 22.3. The Morgan fingerprint density at radius 2 is 1.78 bits per heavy atom. The molecule has 7 nitrogen and oxygen atoms in total. The molecule has 0 radical (unpaired) electrons. The van der Waals surface area contributed by atoms with E-state index in [0.29, 0.717) is 44.4 Å². The molecule has 2 aromatic carbocycles. The number of ether oxygens (including phenoxy) is 2. The Hall–Kier alpha value is -3.16. The molecule has 0 spiro atoms. The van der Waals surface area contributed by atoms with Gasteiger partial charge in [0.05, 0.1) is 31.4 Å². The van der Waals surface area contributed by atoms with Crippen molar-refractivity contribution < 1.29 is 24.2 Å². The summed E-state index contributed by atoms with van der Waals surface area (Å²) in [6.07, 6.45) is 0.894. The van der Waals surface area contributed by atoms with Gasteiger partial charge < -0.3 is 19.5 Å². The van der Waals surface area contributed by atoms with Gasteiger partial charge in [0.1, 0.15) is 11.5 Å². The van der Waals surface area contributed by atoms with Crippen molar-refractivity contribution in [1.29, 1.82) is 0 Å². The number of nitrogens with zero attached hydrogens (tertiary/aromatic N) is 2. The minimum atomic E-state index is -0.654. The van der Waals surface area contributed by atoms with E-state index in [1.807, 2.05) is 38.1 Å². The van der Waals surface area contributed by atoms with Crippen LogP contribution in [-0.4, -0.2) is 72.6 Å². The van der Waals surface area contributed by atoms with E-state index in [1.165, 1.54) is 5.56 Å². The van der Waals surface area contributed by atoms with Crippen molar-refractivity contribution in [1.82, 2.24) is 9.80 Å². The fraction of sp³-hybridized carbons (Fsp3) is 0.467. The fourth-order valence-electron chi connectivity index (χ4n) is 4.92. The highest BCUT2D eigenvalue weighted by Gasteiger charge is 2.46. The first-order valence-electron chi connectivity index (χ1n) is 13.2. The van der Waals surface area contributed by atoms with Crippen molar-refractivity contribution in [2.24, 2.45) is 0 Å². The summed E-state index contributed by atoms with van der Waals surface area (Å²) >= 11 is 0. The van der Waals surface area contributed by atoms with Crippen molar-refractivity contribution in [3.8, 4) is 5.75 Å². The Morgan fingerprint density at radius 1 is 1.08 bits per heavy atom. The lowest BCUT2D eigenvalue weighted by atomic mass is 9.93. The predicted octanol–water partition coefficient (Wildman–Crippen LogP) is 4.66. The normalized spacial score (nSPS) is 20.1. The highest BCUT2D eigenvalue weighted by atomic mass is 16.5. The molecular weight excluding hydrogens is 468 g/mol. The van der Waals surface area contributed by atoms with Crippen LogP contribution in [0, 0.1) is 6.92 Å². The predicted molar refractivity (Wildman–Crippen MR) is 144 cm³/mol. The summed E-state index contributed by atoms with van der Waals surface area (Å²) in [5.74, 6) is -0.285. The first kappa shape index (κ1) is 26.9. The maximum atomic E-state index is 13.4. The quantitative estimate of drug-likeness (QED) is 0.303. The van der Waals surface area contributed by atoms with Crippen LogP contribution in [0.4, 0.5) is 0 Å². The third-order valence-corrected chi connectivity index (χ3v) is 7.13. The number of aryl methyl sites for hydroxylation is 1. The summed E-state index contributed by atoms with van der Waals surface area (Å²) in [6.45, 7) is 12.7. The number of Topliss-reactive ketones (excluding diaryl/α,β-unsaturated/α-hetero) is 1. The van der Waals surface area contributed by atoms with Crippen molar-refractivity contribution in [2.45, 2.75) is 46.1 Å². The van der Waals surface area contributed by atoms with E-state index in [4.69, 9.17) is 9.47 Å². The summed E-state index contributed by atoms with van der Waals surface area (Å²) in [6, 6.07) is 12.7. The Balaban J connectivity index is 1.72. The van der Waals surface area contributed by atoms with Gasteiger partial charge in [-0.15, -0.1) is 0 Å². The van der Waals surface area contributed by atoms with Gasteiger partial charge in [0, 0.05) is 31.7 Å². The highest BCUT2D eigenvalue weighted by Crippen LogP contribution is 2.40.